The monoisotopic (exact) mass is 216 g/mol. The summed E-state index contributed by atoms with van der Waals surface area (Å²) in [4.78, 5) is 10.4. The largest absolute Gasteiger partial charge is 0.481 e. The summed E-state index contributed by atoms with van der Waals surface area (Å²) in [5, 5.41) is 17.4. The van der Waals surface area contributed by atoms with Crippen LogP contribution in [0.4, 0.5) is 8.78 Å². The van der Waals surface area contributed by atoms with Gasteiger partial charge in [0.05, 0.1) is 13.0 Å². The van der Waals surface area contributed by atoms with Gasteiger partial charge in [0, 0.05) is 5.92 Å². The number of carbonyl (C=O) groups is 1. The molecule has 1 aromatic rings. The van der Waals surface area contributed by atoms with Gasteiger partial charge in [0.1, 0.15) is 0 Å². The maximum Gasteiger partial charge on any atom is 0.304 e. The Hall–Kier alpha value is -1.49. The van der Waals surface area contributed by atoms with E-state index in [-0.39, 0.29) is 12.0 Å². The first kappa shape index (κ1) is 11.6. The van der Waals surface area contributed by atoms with E-state index in [1.165, 1.54) is 6.07 Å². The van der Waals surface area contributed by atoms with Crippen LogP contribution in [0.5, 0.6) is 0 Å². The molecule has 1 rings (SSSR count). The van der Waals surface area contributed by atoms with Crippen LogP contribution < -0.4 is 0 Å². The lowest BCUT2D eigenvalue weighted by atomic mass is 9.96. The van der Waals surface area contributed by atoms with E-state index in [1.807, 2.05) is 0 Å². The molecule has 2 N–H and O–H groups in total. The summed E-state index contributed by atoms with van der Waals surface area (Å²) in [5.41, 5.74) is 0.277. The van der Waals surface area contributed by atoms with Gasteiger partial charge >= 0.3 is 5.97 Å². The van der Waals surface area contributed by atoms with Crippen LogP contribution in [0.25, 0.3) is 0 Å². The SMILES string of the molecule is O=C(O)CC(CO)c1ccc(F)c(F)c1. The van der Waals surface area contributed by atoms with Crippen LogP contribution in [0.3, 0.4) is 0 Å². The minimum atomic E-state index is -1.10. The summed E-state index contributed by atoms with van der Waals surface area (Å²) in [7, 11) is 0. The zero-order valence-electron chi connectivity index (χ0n) is 7.78. The number of benzene rings is 1. The number of carboxylic acids is 1. The van der Waals surface area contributed by atoms with Crippen LogP contribution in [-0.2, 0) is 4.79 Å². The Labute approximate surface area is 85.0 Å². The van der Waals surface area contributed by atoms with E-state index in [1.54, 1.807) is 0 Å². The van der Waals surface area contributed by atoms with Gasteiger partial charge < -0.3 is 10.2 Å². The first-order chi connectivity index (χ1) is 7.04. The molecule has 1 atom stereocenters. The van der Waals surface area contributed by atoms with Crippen LogP contribution in [0.15, 0.2) is 18.2 Å². The molecule has 0 spiro atoms. The number of carboxylic acid groups (broad SMARTS) is 1. The first-order valence-corrected chi connectivity index (χ1v) is 4.32. The number of aliphatic hydroxyl groups is 1. The van der Waals surface area contributed by atoms with Crippen LogP contribution in [-0.4, -0.2) is 22.8 Å². The van der Waals surface area contributed by atoms with Gasteiger partial charge in [-0.25, -0.2) is 8.78 Å². The van der Waals surface area contributed by atoms with Gasteiger partial charge in [0.25, 0.3) is 0 Å². The second-order valence-corrected chi connectivity index (χ2v) is 3.15. The normalized spacial score (nSPS) is 12.5. The molecular weight excluding hydrogens is 206 g/mol. The molecule has 82 valence electrons. The van der Waals surface area contributed by atoms with Gasteiger partial charge in [-0.15, -0.1) is 0 Å². The Morgan fingerprint density at radius 2 is 2.00 bits per heavy atom. The van der Waals surface area contributed by atoms with Gasteiger partial charge in [-0.1, -0.05) is 6.07 Å². The number of rotatable bonds is 4. The Kier molecular flexibility index (Phi) is 3.74. The maximum atomic E-state index is 12.8. The van der Waals surface area contributed by atoms with Crippen molar-refractivity contribution in [3.63, 3.8) is 0 Å². The van der Waals surface area contributed by atoms with Crippen molar-refractivity contribution >= 4 is 5.97 Å². The molecule has 15 heavy (non-hydrogen) atoms. The minimum Gasteiger partial charge on any atom is -0.481 e. The highest BCUT2D eigenvalue weighted by Crippen LogP contribution is 2.21. The number of aliphatic hydroxyl groups excluding tert-OH is 1. The smallest absolute Gasteiger partial charge is 0.304 e. The fourth-order valence-electron chi connectivity index (χ4n) is 1.26. The zero-order chi connectivity index (χ0) is 11.4. The fourth-order valence-corrected chi connectivity index (χ4v) is 1.26. The molecule has 0 aliphatic rings. The van der Waals surface area contributed by atoms with Crippen LogP contribution in [0.2, 0.25) is 0 Å². The molecule has 0 amide bonds. The summed E-state index contributed by atoms with van der Waals surface area (Å²) in [6.07, 6.45) is -0.318. The van der Waals surface area contributed by atoms with Gasteiger partial charge in [-0.05, 0) is 17.7 Å². The topological polar surface area (TPSA) is 57.5 Å². The summed E-state index contributed by atoms with van der Waals surface area (Å²) in [5.74, 6) is -3.85. The Balaban J connectivity index is 2.92. The van der Waals surface area contributed by atoms with E-state index in [0.717, 1.165) is 12.1 Å². The van der Waals surface area contributed by atoms with Gasteiger partial charge in [0.15, 0.2) is 11.6 Å². The summed E-state index contributed by atoms with van der Waals surface area (Å²) >= 11 is 0. The Morgan fingerprint density at radius 1 is 1.33 bits per heavy atom. The average molecular weight is 216 g/mol. The molecule has 0 fully saturated rings. The van der Waals surface area contributed by atoms with Crippen LogP contribution >= 0.6 is 0 Å². The third-order valence-electron chi connectivity index (χ3n) is 2.06. The summed E-state index contributed by atoms with van der Waals surface area (Å²) in [6.45, 7) is -0.419. The second kappa shape index (κ2) is 4.84. The van der Waals surface area contributed by atoms with E-state index >= 15 is 0 Å². The van der Waals surface area contributed by atoms with Gasteiger partial charge in [-0.2, -0.15) is 0 Å². The average Bonchev–Trinajstić information content (AvgIpc) is 2.18. The molecular formula is C10H10F2O3. The number of halogens is 2. The second-order valence-electron chi connectivity index (χ2n) is 3.15. The van der Waals surface area contributed by atoms with E-state index in [9.17, 15) is 13.6 Å². The lowest BCUT2D eigenvalue weighted by Crippen LogP contribution is -2.10. The zero-order valence-corrected chi connectivity index (χ0v) is 7.78. The number of hydrogen-bond donors (Lipinski definition) is 2. The lowest BCUT2D eigenvalue weighted by Gasteiger charge is -2.11. The minimum absolute atomic E-state index is 0.277. The van der Waals surface area contributed by atoms with E-state index in [4.69, 9.17) is 10.2 Å². The highest BCUT2D eigenvalue weighted by Gasteiger charge is 2.16. The van der Waals surface area contributed by atoms with Crippen molar-refractivity contribution in [2.45, 2.75) is 12.3 Å². The molecule has 0 aliphatic carbocycles. The predicted molar refractivity (Wildman–Crippen MR) is 48.4 cm³/mol. The van der Waals surface area contributed by atoms with Crippen molar-refractivity contribution < 1.29 is 23.8 Å². The summed E-state index contributed by atoms with van der Waals surface area (Å²) < 4.78 is 25.4. The number of hydrogen-bond acceptors (Lipinski definition) is 2. The quantitative estimate of drug-likeness (QED) is 0.802. The molecule has 0 heterocycles. The highest BCUT2D eigenvalue weighted by atomic mass is 19.2. The third kappa shape index (κ3) is 2.99. The van der Waals surface area contributed by atoms with Crippen LogP contribution in [0, 0.1) is 11.6 Å². The molecule has 0 saturated carbocycles. The molecule has 0 aromatic heterocycles. The lowest BCUT2D eigenvalue weighted by molar-refractivity contribution is -0.137. The van der Waals surface area contributed by atoms with Crippen molar-refractivity contribution in [3.8, 4) is 0 Å². The van der Waals surface area contributed by atoms with Crippen molar-refractivity contribution in [3.05, 3.63) is 35.4 Å². The standard InChI is InChI=1S/C10H10F2O3/c11-8-2-1-6(3-9(8)12)7(5-13)4-10(14)15/h1-3,7,13H,4-5H2,(H,14,15). The van der Waals surface area contributed by atoms with E-state index in [2.05, 4.69) is 0 Å². The predicted octanol–water partition coefficient (Wildman–Crippen LogP) is 1.52. The van der Waals surface area contributed by atoms with Gasteiger partial charge in [0.2, 0.25) is 0 Å². The summed E-state index contributed by atoms with van der Waals surface area (Å²) in [6, 6.07) is 3.08. The molecule has 0 aliphatic heterocycles. The Bertz CT molecular complexity index is 366. The van der Waals surface area contributed by atoms with Crippen molar-refractivity contribution in [2.75, 3.05) is 6.61 Å². The van der Waals surface area contributed by atoms with E-state index in [0.29, 0.717) is 0 Å². The number of aliphatic carboxylic acids is 1. The van der Waals surface area contributed by atoms with Crippen molar-refractivity contribution in [1.29, 1.82) is 0 Å². The fraction of sp³-hybridized carbons (Fsp3) is 0.300. The first-order valence-electron chi connectivity index (χ1n) is 4.32. The molecule has 1 aromatic carbocycles. The van der Waals surface area contributed by atoms with Crippen molar-refractivity contribution in [1.82, 2.24) is 0 Å². The van der Waals surface area contributed by atoms with Crippen LogP contribution in [0.1, 0.15) is 17.9 Å². The third-order valence-corrected chi connectivity index (χ3v) is 2.06. The molecule has 0 saturated heterocycles. The van der Waals surface area contributed by atoms with E-state index < -0.39 is 30.1 Å². The maximum absolute atomic E-state index is 12.8. The molecule has 0 radical (unpaired) electrons. The molecule has 5 heteroatoms. The highest BCUT2D eigenvalue weighted by molar-refractivity contribution is 5.68. The molecule has 3 nitrogen and oxygen atoms in total. The van der Waals surface area contributed by atoms with Gasteiger partial charge in [-0.3, -0.25) is 4.79 Å². The Morgan fingerprint density at radius 3 is 2.47 bits per heavy atom. The molecule has 1 unspecified atom stereocenters. The molecule has 0 bridgehead atoms. The van der Waals surface area contributed by atoms with Crippen molar-refractivity contribution in [2.24, 2.45) is 0 Å².